The Balaban J connectivity index is 1.19. The molecule has 8 heteroatoms. The summed E-state index contributed by atoms with van der Waals surface area (Å²) < 4.78 is 13.3. The van der Waals surface area contributed by atoms with E-state index in [1.165, 1.54) is 30.6 Å². The number of alkyl halides is 1. The predicted octanol–water partition coefficient (Wildman–Crippen LogP) is -0.404. The van der Waals surface area contributed by atoms with Gasteiger partial charge in [-0.25, -0.2) is 0 Å². The van der Waals surface area contributed by atoms with Crippen LogP contribution in [0.15, 0.2) is 53.8 Å². The number of nitrogens with zero attached hydrogens (tertiary/aromatic N) is 4. The van der Waals surface area contributed by atoms with Crippen molar-refractivity contribution in [3.05, 3.63) is 53.8 Å². The monoisotopic (exact) mass is 531 g/mol. The molecule has 0 N–H and O–H groups in total. The molecule has 0 atom stereocenters. The van der Waals surface area contributed by atoms with Crippen molar-refractivity contribution in [2.24, 2.45) is 11.3 Å². The van der Waals surface area contributed by atoms with E-state index in [0.717, 1.165) is 18.8 Å². The number of aromatic nitrogens is 3. The summed E-state index contributed by atoms with van der Waals surface area (Å²) in [6, 6.07) is 0. The molecule has 1 spiro atoms. The minimum absolute atomic E-state index is 0.145. The van der Waals surface area contributed by atoms with Crippen molar-refractivity contribution in [1.82, 2.24) is 13.2 Å². The summed E-state index contributed by atoms with van der Waals surface area (Å²) in [6.45, 7) is 1.54. The van der Waals surface area contributed by atoms with Crippen molar-refractivity contribution in [2.45, 2.75) is 30.0 Å². The number of carbonyl (C=O) groups is 1. The van der Waals surface area contributed by atoms with Crippen molar-refractivity contribution in [1.29, 1.82) is 0 Å². The molecular formula is C23H24IN4O3-. The van der Waals surface area contributed by atoms with E-state index in [0.29, 0.717) is 17.3 Å². The molecule has 31 heavy (non-hydrogen) atoms. The van der Waals surface area contributed by atoms with Gasteiger partial charge in [-0.1, -0.05) is 0 Å². The minimum atomic E-state index is -0.666. The molecule has 0 aromatic carbocycles. The molecule has 162 valence electrons. The van der Waals surface area contributed by atoms with Crippen LogP contribution < -0.4 is 26.4 Å². The summed E-state index contributed by atoms with van der Waals surface area (Å²) in [4.78, 5) is 14.5. The fourth-order valence-electron chi connectivity index (χ4n) is 3.17. The van der Waals surface area contributed by atoms with Crippen LogP contribution in [-0.4, -0.2) is 43.7 Å². The number of allylic oxidation sites excluding steroid dienone is 6. The average Bonchev–Trinajstić information content (AvgIpc) is 3.68. The van der Waals surface area contributed by atoms with Gasteiger partial charge in [-0.2, -0.15) is 0 Å². The Morgan fingerprint density at radius 2 is 2.00 bits per heavy atom. The van der Waals surface area contributed by atoms with Crippen molar-refractivity contribution in [2.75, 3.05) is 25.2 Å². The van der Waals surface area contributed by atoms with Gasteiger partial charge in [0.1, 0.15) is 0 Å². The first-order chi connectivity index (χ1) is 15.1. The molecular weight excluding hydrogens is 507 g/mol. The molecule has 0 bridgehead atoms. The molecule has 2 saturated carbocycles. The SMILES string of the molecule is CN(C(=O)C1=C/C=C\C(C#CC2CC2)=C/C=C\1)c1cn([I-]C2OCC3(CC3)CO2)nn1. The molecule has 3 aliphatic carbocycles. The number of hydrogen-bond acceptors (Lipinski definition) is 5. The fraction of sp³-hybridized carbons (Fsp3) is 0.435. The first-order valence-corrected chi connectivity index (χ1v) is 12.7. The molecule has 1 aliphatic heterocycles. The third-order valence-corrected chi connectivity index (χ3v) is 7.85. The normalized spacial score (nSPS) is 27.6. The van der Waals surface area contributed by atoms with Gasteiger partial charge in [0.2, 0.25) is 0 Å². The zero-order valence-electron chi connectivity index (χ0n) is 17.3. The van der Waals surface area contributed by atoms with Crippen LogP contribution in [0.4, 0.5) is 5.82 Å². The summed E-state index contributed by atoms with van der Waals surface area (Å²) in [6.07, 6.45) is 17.8. The molecule has 3 fully saturated rings. The van der Waals surface area contributed by atoms with Gasteiger partial charge >= 0.3 is 174 Å². The second-order valence-corrected chi connectivity index (χ2v) is 10.9. The summed E-state index contributed by atoms with van der Waals surface area (Å²) in [5.74, 6) is 7.37. The van der Waals surface area contributed by atoms with E-state index in [4.69, 9.17) is 9.47 Å². The van der Waals surface area contributed by atoms with Crippen molar-refractivity contribution in [3.8, 4) is 11.8 Å². The first-order valence-electron chi connectivity index (χ1n) is 10.5. The van der Waals surface area contributed by atoms with E-state index >= 15 is 0 Å². The third-order valence-electron chi connectivity index (χ3n) is 5.63. The van der Waals surface area contributed by atoms with Crippen LogP contribution in [0.2, 0.25) is 0 Å². The molecule has 5 rings (SSSR count). The molecule has 1 amide bonds. The maximum absolute atomic E-state index is 13.0. The summed E-state index contributed by atoms with van der Waals surface area (Å²) in [7, 11) is 1.71. The Morgan fingerprint density at radius 1 is 1.23 bits per heavy atom. The molecule has 1 saturated heterocycles. The van der Waals surface area contributed by atoms with Crippen LogP contribution >= 0.6 is 0 Å². The van der Waals surface area contributed by atoms with E-state index in [9.17, 15) is 4.79 Å². The third kappa shape index (κ3) is 5.17. The second-order valence-electron chi connectivity index (χ2n) is 8.33. The second kappa shape index (κ2) is 8.73. The van der Waals surface area contributed by atoms with Gasteiger partial charge in [0, 0.05) is 5.92 Å². The first kappa shape index (κ1) is 20.7. The van der Waals surface area contributed by atoms with Gasteiger partial charge in [0.25, 0.3) is 0 Å². The molecule has 7 nitrogen and oxygen atoms in total. The van der Waals surface area contributed by atoms with Crippen molar-refractivity contribution < 1.29 is 35.7 Å². The summed E-state index contributed by atoms with van der Waals surface area (Å²) in [5.41, 5.74) is 1.81. The van der Waals surface area contributed by atoms with Crippen LogP contribution in [0.5, 0.6) is 0 Å². The van der Waals surface area contributed by atoms with E-state index in [1.54, 1.807) is 28.3 Å². The average molecular weight is 531 g/mol. The Labute approximate surface area is 192 Å². The van der Waals surface area contributed by atoms with Gasteiger partial charge in [0.05, 0.1) is 0 Å². The Hall–Kier alpha value is -2.22. The predicted molar refractivity (Wildman–Crippen MR) is 111 cm³/mol. The zero-order chi connectivity index (χ0) is 21.3. The molecule has 0 unspecified atom stereocenters. The number of likely N-dealkylation sites (N-methyl/N-ethyl adjacent to an activating group) is 1. The van der Waals surface area contributed by atoms with Crippen LogP contribution in [0, 0.1) is 23.2 Å². The summed E-state index contributed by atoms with van der Waals surface area (Å²) >= 11 is -0.666. The topological polar surface area (TPSA) is 69.5 Å². The number of carbonyl (C=O) groups excluding carboxylic acids is 1. The molecule has 4 aliphatic rings. The molecule has 0 radical (unpaired) electrons. The van der Waals surface area contributed by atoms with Gasteiger partial charge in [-0.3, -0.25) is 0 Å². The number of anilines is 1. The quantitative estimate of drug-likeness (QED) is 0.301. The van der Waals surface area contributed by atoms with E-state index in [-0.39, 0.29) is 15.6 Å². The van der Waals surface area contributed by atoms with Crippen molar-refractivity contribution >= 4 is 11.7 Å². The number of halogens is 1. The standard InChI is InChI=1S/C23H24IN4O3/c1-27(20-14-28(26-25-20)24-22-30-15-23(12-13-23)16-31-22)21(29)19-6-2-4-17(5-3-7-19)8-9-18-10-11-18/h2-7,14,18,22H,10-13,15-16H2,1H3/q-1/b4-2-,5-3?,6-2?,7-3-,17-4?,17-5+,19-6+,19-7?. The van der Waals surface area contributed by atoms with E-state index < -0.39 is 21.5 Å². The van der Waals surface area contributed by atoms with Crippen LogP contribution in [-0.2, 0) is 14.3 Å². The Kier molecular flexibility index (Phi) is 5.82. The van der Waals surface area contributed by atoms with Crippen molar-refractivity contribution in [3.63, 3.8) is 0 Å². The molecule has 1 aromatic rings. The van der Waals surface area contributed by atoms with Crippen LogP contribution in [0.25, 0.3) is 0 Å². The van der Waals surface area contributed by atoms with Crippen LogP contribution in [0.1, 0.15) is 25.7 Å². The maximum atomic E-state index is 13.0. The van der Waals surface area contributed by atoms with Gasteiger partial charge in [-0.05, 0) is 12.8 Å². The summed E-state index contributed by atoms with van der Waals surface area (Å²) in [5, 5.41) is 8.35. The number of amides is 1. The molecule has 1 aromatic heterocycles. The number of hydrogen-bond donors (Lipinski definition) is 0. The fourth-order valence-corrected chi connectivity index (χ4v) is 4.94. The molecule has 2 heterocycles. The Bertz CT molecular complexity index is 1040. The number of rotatable bonds is 4. The van der Waals surface area contributed by atoms with Crippen LogP contribution in [0.3, 0.4) is 0 Å². The van der Waals surface area contributed by atoms with Gasteiger partial charge < -0.3 is 0 Å². The van der Waals surface area contributed by atoms with E-state index in [2.05, 4.69) is 22.2 Å². The van der Waals surface area contributed by atoms with Gasteiger partial charge in [-0.15, -0.1) is 0 Å². The Morgan fingerprint density at radius 3 is 2.74 bits per heavy atom. The zero-order valence-corrected chi connectivity index (χ0v) is 19.5. The van der Waals surface area contributed by atoms with Gasteiger partial charge in [0.15, 0.2) is 0 Å². The number of ether oxygens (including phenoxy) is 2. The van der Waals surface area contributed by atoms with E-state index in [1.807, 2.05) is 24.3 Å².